The van der Waals surface area contributed by atoms with Crippen molar-refractivity contribution in [1.29, 1.82) is 0 Å². The predicted molar refractivity (Wildman–Crippen MR) is 185 cm³/mol. The number of Topliss-reactive ketones (excluding diaryl/α,β-unsaturated/α-hetero) is 1. The van der Waals surface area contributed by atoms with Crippen LogP contribution in [0.1, 0.15) is 80.3 Å². The van der Waals surface area contributed by atoms with E-state index in [0.29, 0.717) is 24.1 Å². The van der Waals surface area contributed by atoms with E-state index in [9.17, 15) is 19.5 Å². The van der Waals surface area contributed by atoms with Crippen LogP contribution in [0.3, 0.4) is 0 Å². The molecule has 1 aromatic heterocycles. The molecule has 0 saturated carbocycles. The van der Waals surface area contributed by atoms with Crippen LogP contribution in [0, 0.1) is 17.8 Å². The summed E-state index contributed by atoms with van der Waals surface area (Å²) in [5.41, 5.74) is 1.72. The van der Waals surface area contributed by atoms with Crippen LogP contribution in [0.4, 0.5) is 4.79 Å². The van der Waals surface area contributed by atoms with Gasteiger partial charge in [0.2, 0.25) is 0 Å². The van der Waals surface area contributed by atoms with Crippen molar-refractivity contribution in [1.82, 2.24) is 20.3 Å². The standard InChI is InChI=1S/C37H58N4O9/c1-12-28-37(8)31(41(35(45)50-37)39-20-26-15-13-14-16-38-26)25(6)29(42)23(4)19-36(7,46-11)32(21(2)17-22(3)33(44)48-28)49-34-30(43)27(40(9)10)18-24(5)47-34/h13-17,21,23-25,27-28,30-32,34,39,43H,12,18-20H2,1-11H3/b22-17+/t21-,23+,24+,25-,27-,28?,30+,31+,32+,34-,36+,37+/m0/s1. The smallest absolute Gasteiger partial charge is 0.425 e. The van der Waals surface area contributed by atoms with Gasteiger partial charge in [0.15, 0.2) is 11.9 Å². The average Bonchev–Trinajstić information content (AvgIpc) is 3.34. The third-order valence-electron chi connectivity index (χ3n) is 10.8. The number of cyclic esters (lactones) is 1. The fourth-order valence-corrected chi connectivity index (χ4v) is 8.10. The molecule has 3 aliphatic heterocycles. The van der Waals surface area contributed by atoms with E-state index in [1.54, 1.807) is 46.2 Å². The lowest BCUT2D eigenvalue weighted by Crippen LogP contribution is -2.60. The second kappa shape index (κ2) is 16.2. The van der Waals surface area contributed by atoms with Crippen molar-refractivity contribution in [2.75, 3.05) is 21.2 Å². The number of hydrogen-bond acceptors (Lipinski definition) is 12. The molecule has 0 aliphatic carbocycles. The van der Waals surface area contributed by atoms with Crippen LogP contribution in [-0.4, -0.2) is 113 Å². The van der Waals surface area contributed by atoms with Crippen LogP contribution in [0.2, 0.25) is 0 Å². The lowest BCUT2D eigenvalue weighted by Gasteiger charge is -2.46. The number of rotatable bonds is 8. The summed E-state index contributed by atoms with van der Waals surface area (Å²) in [6.45, 7) is 14.8. The number of nitrogens with zero attached hydrogens (tertiary/aromatic N) is 3. The first-order chi connectivity index (χ1) is 23.5. The van der Waals surface area contributed by atoms with Crippen molar-refractivity contribution in [3.8, 4) is 0 Å². The number of aromatic nitrogens is 1. The Balaban J connectivity index is 1.76. The highest BCUT2D eigenvalue weighted by Crippen LogP contribution is 2.42. The summed E-state index contributed by atoms with van der Waals surface area (Å²) in [6.07, 6.45) is 0.205. The number of pyridine rings is 1. The number of hydrazine groups is 1. The van der Waals surface area contributed by atoms with E-state index in [-0.39, 0.29) is 30.9 Å². The quantitative estimate of drug-likeness (QED) is 0.377. The molecule has 50 heavy (non-hydrogen) atoms. The maximum atomic E-state index is 14.5. The maximum absolute atomic E-state index is 14.5. The minimum atomic E-state index is -1.37. The Labute approximate surface area is 297 Å². The number of ether oxygens (including phenoxy) is 5. The fourth-order valence-electron chi connectivity index (χ4n) is 8.10. The third kappa shape index (κ3) is 8.24. The largest absolute Gasteiger partial charge is 0.455 e. The van der Waals surface area contributed by atoms with Gasteiger partial charge in [0.25, 0.3) is 0 Å². The minimum Gasteiger partial charge on any atom is -0.455 e. The van der Waals surface area contributed by atoms with E-state index in [1.807, 2.05) is 65.7 Å². The molecule has 0 bridgehead atoms. The van der Waals surface area contributed by atoms with Gasteiger partial charge in [-0.3, -0.25) is 9.78 Å². The number of nitrogens with one attached hydrogen (secondary N) is 1. The van der Waals surface area contributed by atoms with Gasteiger partial charge in [-0.2, -0.15) is 0 Å². The number of methoxy groups -OCH3 is 1. The Hall–Kier alpha value is -2.94. The van der Waals surface area contributed by atoms with Crippen LogP contribution in [0.25, 0.3) is 0 Å². The normalized spacial score (nSPS) is 40.1. The Morgan fingerprint density at radius 2 is 1.84 bits per heavy atom. The third-order valence-corrected chi connectivity index (χ3v) is 10.8. The fraction of sp³-hybridized carbons (Fsp3) is 0.730. The highest BCUT2D eigenvalue weighted by atomic mass is 16.7. The van der Waals surface area contributed by atoms with Gasteiger partial charge in [-0.05, 0) is 73.2 Å². The van der Waals surface area contributed by atoms with Crippen LogP contribution in [0.5, 0.6) is 0 Å². The van der Waals surface area contributed by atoms with E-state index >= 15 is 0 Å². The number of fused-ring (bicyclic) bond motifs is 1. The number of likely N-dealkylation sites (N-methyl/N-ethyl adjacent to an activating group) is 1. The summed E-state index contributed by atoms with van der Waals surface area (Å²) in [4.78, 5) is 48.2. The number of hydrogen-bond donors (Lipinski definition) is 2. The number of carbonyl (C=O) groups is 3. The second-order valence-corrected chi connectivity index (χ2v) is 15.0. The van der Waals surface area contributed by atoms with Crippen LogP contribution < -0.4 is 5.43 Å². The molecule has 3 aliphatic rings. The zero-order valence-corrected chi connectivity index (χ0v) is 31.5. The first-order valence-electron chi connectivity index (χ1n) is 17.8. The summed E-state index contributed by atoms with van der Waals surface area (Å²) >= 11 is 0. The van der Waals surface area contributed by atoms with Gasteiger partial charge in [0.1, 0.15) is 24.0 Å². The number of amides is 1. The molecule has 13 heteroatoms. The van der Waals surface area contributed by atoms with E-state index in [0.717, 1.165) is 0 Å². The molecule has 1 aromatic rings. The van der Waals surface area contributed by atoms with Gasteiger partial charge in [0, 0.05) is 42.7 Å². The van der Waals surface area contributed by atoms with Gasteiger partial charge in [-0.1, -0.05) is 39.8 Å². The summed E-state index contributed by atoms with van der Waals surface area (Å²) in [6, 6.07) is 4.43. The van der Waals surface area contributed by atoms with Gasteiger partial charge in [-0.15, -0.1) is 0 Å². The Kier molecular flexibility index (Phi) is 12.9. The highest BCUT2D eigenvalue weighted by Gasteiger charge is 2.60. The number of aliphatic hydroxyl groups excluding tert-OH is 1. The molecule has 1 amide bonds. The molecule has 12 atom stereocenters. The van der Waals surface area contributed by atoms with Crippen LogP contribution >= 0.6 is 0 Å². The van der Waals surface area contributed by atoms with E-state index in [1.165, 1.54) is 5.01 Å². The van der Waals surface area contributed by atoms with Crippen LogP contribution in [-0.2, 0) is 39.8 Å². The number of carbonyl (C=O) groups excluding carboxylic acids is 3. The van der Waals surface area contributed by atoms with Crippen molar-refractivity contribution in [3.63, 3.8) is 0 Å². The highest BCUT2D eigenvalue weighted by molar-refractivity contribution is 5.88. The first kappa shape index (κ1) is 39.8. The van der Waals surface area contributed by atoms with E-state index in [2.05, 4.69) is 10.4 Å². The molecule has 4 heterocycles. The zero-order valence-electron chi connectivity index (χ0n) is 31.5. The first-order valence-corrected chi connectivity index (χ1v) is 17.8. The topological polar surface area (TPSA) is 149 Å². The lowest BCUT2D eigenvalue weighted by atomic mass is 9.74. The zero-order chi connectivity index (χ0) is 37.1. The molecular formula is C37H58N4O9. The molecule has 1 unspecified atom stereocenters. The second-order valence-electron chi connectivity index (χ2n) is 15.0. The van der Waals surface area contributed by atoms with Gasteiger partial charge in [0.05, 0.1) is 30.0 Å². The van der Waals surface area contributed by atoms with Crippen molar-refractivity contribution < 1.29 is 43.2 Å². The maximum Gasteiger partial charge on any atom is 0.425 e. The predicted octanol–water partition coefficient (Wildman–Crippen LogP) is 4.03. The van der Waals surface area contributed by atoms with Gasteiger partial charge in [-0.25, -0.2) is 20.0 Å². The molecule has 0 radical (unpaired) electrons. The summed E-state index contributed by atoms with van der Waals surface area (Å²) < 4.78 is 31.2. The monoisotopic (exact) mass is 702 g/mol. The molecular weight excluding hydrogens is 644 g/mol. The Bertz CT molecular complexity index is 1380. The SMILES string of the molecule is CCC1OC(=O)/C(C)=C/[C@H](C)[C@@H](O[C@@H]2O[C@H](C)C[C@H](N(C)C)[C@H]2O)[C@](C)(OC)C[C@@H](C)C(=O)[C@H](C)[C@H]2N(NCc3ccccn3)C(=O)O[C@]12C. The van der Waals surface area contributed by atoms with Crippen LogP contribution in [0.15, 0.2) is 36.0 Å². The van der Waals surface area contributed by atoms with Crippen molar-refractivity contribution >= 4 is 17.8 Å². The molecule has 13 nitrogen and oxygen atoms in total. The summed E-state index contributed by atoms with van der Waals surface area (Å²) in [7, 11) is 5.38. The molecule has 2 fully saturated rings. The molecule has 280 valence electrons. The van der Waals surface area contributed by atoms with E-state index in [4.69, 9.17) is 23.7 Å². The van der Waals surface area contributed by atoms with Gasteiger partial charge < -0.3 is 33.7 Å². The molecule has 2 saturated heterocycles. The minimum absolute atomic E-state index is 0.126. The Morgan fingerprint density at radius 3 is 2.44 bits per heavy atom. The number of ketones is 1. The Morgan fingerprint density at radius 1 is 1.14 bits per heavy atom. The summed E-state index contributed by atoms with van der Waals surface area (Å²) in [5.74, 6) is -2.48. The number of aliphatic hydroxyl groups is 1. The van der Waals surface area contributed by atoms with Crippen molar-refractivity contribution in [3.05, 3.63) is 41.7 Å². The van der Waals surface area contributed by atoms with E-state index < -0.39 is 71.7 Å². The number of esters is 1. The average molecular weight is 703 g/mol. The molecule has 0 spiro atoms. The lowest BCUT2D eigenvalue weighted by molar-refractivity contribution is -0.294. The molecule has 0 aromatic carbocycles. The molecule has 4 rings (SSSR count). The van der Waals surface area contributed by atoms with Crippen molar-refractivity contribution in [2.24, 2.45) is 17.8 Å². The van der Waals surface area contributed by atoms with Gasteiger partial charge >= 0.3 is 12.1 Å². The molecule has 2 N–H and O–H groups in total. The van der Waals surface area contributed by atoms with Crippen molar-refractivity contribution in [2.45, 2.75) is 135 Å². The summed E-state index contributed by atoms with van der Waals surface area (Å²) in [5, 5.41) is 12.7.